The second-order valence-electron chi connectivity index (χ2n) is 5.64. The lowest BCUT2D eigenvalue weighted by Crippen LogP contribution is -2.42. The molecular formula is C16H20FN3O2S. The van der Waals surface area contributed by atoms with Crippen molar-refractivity contribution in [2.45, 2.75) is 19.4 Å². The van der Waals surface area contributed by atoms with Crippen molar-refractivity contribution >= 4 is 17.7 Å². The van der Waals surface area contributed by atoms with Crippen molar-refractivity contribution in [3.05, 3.63) is 47.5 Å². The van der Waals surface area contributed by atoms with Gasteiger partial charge in [0.05, 0.1) is 28.7 Å². The molecule has 1 aromatic heterocycles. The molecule has 0 bridgehead atoms. The Morgan fingerprint density at radius 3 is 2.70 bits per heavy atom. The van der Waals surface area contributed by atoms with Gasteiger partial charge in [0.15, 0.2) is 0 Å². The predicted octanol–water partition coefficient (Wildman–Crippen LogP) is 2.16. The monoisotopic (exact) mass is 337 g/mol. The van der Waals surface area contributed by atoms with Crippen molar-refractivity contribution in [2.75, 3.05) is 18.6 Å². The van der Waals surface area contributed by atoms with Crippen LogP contribution < -0.4 is 5.32 Å². The number of thioether (sulfide) groups is 1. The average molecular weight is 337 g/mol. The zero-order chi connectivity index (χ0) is 17.0. The summed E-state index contributed by atoms with van der Waals surface area (Å²) in [7, 11) is 0. The largest absolute Gasteiger partial charge is 0.387 e. The maximum atomic E-state index is 13.0. The van der Waals surface area contributed by atoms with E-state index in [0.717, 1.165) is 0 Å². The maximum Gasteiger partial charge on any atom is 0.254 e. The van der Waals surface area contributed by atoms with E-state index >= 15 is 0 Å². The Labute approximate surface area is 138 Å². The first kappa shape index (κ1) is 17.5. The highest BCUT2D eigenvalue weighted by atomic mass is 32.2. The van der Waals surface area contributed by atoms with E-state index in [0.29, 0.717) is 22.7 Å². The lowest BCUT2D eigenvalue weighted by Gasteiger charge is -2.22. The molecule has 0 aliphatic heterocycles. The second-order valence-corrected chi connectivity index (χ2v) is 6.51. The Kier molecular flexibility index (Phi) is 5.43. The van der Waals surface area contributed by atoms with Gasteiger partial charge < -0.3 is 10.4 Å². The van der Waals surface area contributed by atoms with E-state index in [-0.39, 0.29) is 18.3 Å². The smallest absolute Gasteiger partial charge is 0.254 e. The second kappa shape index (κ2) is 7.14. The summed E-state index contributed by atoms with van der Waals surface area (Å²) in [6, 6.07) is 5.88. The van der Waals surface area contributed by atoms with E-state index in [2.05, 4.69) is 10.4 Å². The third-order valence-electron chi connectivity index (χ3n) is 3.41. The summed E-state index contributed by atoms with van der Waals surface area (Å²) in [5, 5.41) is 17.0. The fourth-order valence-corrected chi connectivity index (χ4v) is 2.93. The van der Waals surface area contributed by atoms with Crippen LogP contribution in [-0.4, -0.2) is 44.9 Å². The van der Waals surface area contributed by atoms with Crippen LogP contribution >= 0.6 is 11.8 Å². The number of aromatic nitrogens is 2. The van der Waals surface area contributed by atoms with E-state index in [4.69, 9.17) is 0 Å². The molecule has 1 heterocycles. The van der Waals surface area contributed by atoms with E-state index in [9.17, 15) is 14.3 Å². The standard InChI is InChI=1S/C16H20FN3O2S/c1-11-14(15(21)18-9-16(2,22)10-23-3)8-19-20(11)13-6-4-12(17)5-7-13/h4-8,22H,9-10H2,1-3H3,(H,18,21). The van der Waals surface area contributed by atoms with Crippen LogP contribution in [0.3, 0.4) is 0 Å². The SMILES string of the molecule is CSCC(C)(O)CNC(=O)c1cnn(-c2ccc(F)cc2)c1C. The Morgan fingerprint density at radius 2 is 2.09 bits per heavy atom. The first-order valence-electron chi connectivity index (χ1n) is 7.14. The van der Waals surface area contributed by atoms with Gasteiger partial charge in [0.2, 0.25) is 0 Å². The molecule has 2 rings (SSSR count). The van der Waals surface area contributed by atoms with Crippen LogP contribution in [0.25, 0.3) is 5.69 Å². The third kappa shape index (κ3) is 4.33. The van der Waals surface area contributed by atoms with Crippen LogP contribution in [0.2, 0.25) is 0 Å². The van der Waals surface area contributed by atoms with Gasteiger partial charge in [-0.05, 0) is 44.4 Å². The van der Waals surface area contributed by atoms with Crippen LogP contribution in [0.15, 0.2) is 30.5 Å². The normalized spacial score (nSPS) is 13.6. The van der Waals surface area contributed by atoms with Crippen molar-refractivity contribution in [2.24, 2.45) is 0 Å². The molecule has 0 aliphatic carbocycles. The van der Waals surface area contributed by atoms with Crippen molar-refractivity contribution < 1.29 is 14.3 Å². The number of nitrogens with one attached hydrogen (secondary N) is 1. The van der Waals surface area contributed by atoms with Crippen LogP contribution in [0.1, 0.15) is 23.0 Å². The molecule has 0 saturated heterocycles. The van der Waals surface area contributed by atoms with E-state index in [1.165, 1.54) is 30.1 Å². The third-order valence-corrected chi connectivity index (χ3v) is 4.32. The number of aliphatic hydroxyl groups is 1. The minimum Gasteiger partial charge on any atom is -0.387 e. The predicted molar refractivity (Wildman–Crippen MR) is 89.6 cm³/mol. The number of hydrogen-bond donors (Lipinski definition) is 2. The van der Waals surface area contributed by atoms with Crippen molar-refractivity contribution in [3.8, 4) is 5.69 Å². The summed E-state index contributed by atoms with van der Waals surface area (Å²) in [4.78, 5) is 12.3. The summed E-state index contributed by atoms with van der Waals surface area (Å²) >= 11 is 1.51. The Bertz CT molecular complexity index is 683. The maximum absolute atomic E-state index is 13.0. The van der Waals surface area contributed by atoms with Gasteiger partial charge in [-0.25, -0.2) is 9.07 Å². The number of carbonyl (C=O) groups is 1. The molecule has 0 saturated carbocycles. The zero-order valence-electron chi connectivity index (χ0n) is 13.3. The van der Waals surface area contributed by atoms with Crippen LogP contribution in [0.4, 0.5) is 4.39 Å². The molecule has 0 spiro atoms. The van der Waals surface area contributed by atoms with Crippen molar-refractivity contribution in [3.63, 3.8) is 0 Å². The Hall–Kier alpha value is -1.86. The van der Waals surface area contributed by atoms with Gasteiger partial charge >= 0.3 is 0 Å². The molecule has 2 N–H and O–H groups in total. The van der Waals surface area contributed by atoms with Crippen molar-refractivity contribution in [1.29, 1.82) is 0 Å². The highest BCUT2D eigenvalue weighted by Gasteiger charge is 2.22. The van der Waals surface area contributed by atoms with Gasteiger partial charge in [0, 0.05) is 12.3 Å². The van der Waals surface area contributed by atoms with Crippen LogP contribution in [0, 0.1) is 12.7 Å². The van der Waals surface area contributed by atoms with Crippen molar-refractivity contribution in [1.82, 2.24) is 15.1 Å². The molecular weight excluding hydrogens is 317 g/mol. The number of carbonyl (C=O) groups excluding carboxylic acids is 1. The number of benzene rings is 1. The fourth-order valence-electron chi connectivity index (χ4n) is 2.20. The molecule has 1 aromatic carbocycles. The summed E-state index contributed by atoms with van der Waals surface area (Å²) in [5.74, 6) is -0.0917. The summed E-state index contributed by atoms with van der Waals surface area (Å²) in [5.41, 5.74) is 0.792. The first-order chi connectivity index (χ1) is 10.8. The Morgan fingerprint density at radius 1 is 1.43 bits per heavy atom. The van der Waals surface area contributed by atoms with Gasteiger partial charge in [-0.15, -0.1) is 0 Å². The minimum absolute atomic E-state index is 0.161. The van der Waals surface area contributed by atoms with E-state index < -0.39 is 5.60 Å². The highest BCUT2D eigenvalue weighted by molar-refractivity contribution is 7.98. The van der Waals surface area contributed by atoms with Gasteiger partial charge in [-0.1, -0.05) is 0 Å². The molecule has 1 atom stereocenters. The number of rotatable bonds is 6. The van der Waals surface area contributed by atoms with E-state index in [1.54, 1.807) is 30.7 Å². The van der Waals surface area contributed by atoms with Crippen LogP contribution in [0.5, 0.6) is 0 Å². The number of nitrogens with zero attached hydrogens (tertiary/aromatic N) is 2. The lowest BCUT2D eigenvalue weighted by molar-refractivity contribution is 0.0724. The van der Waals surface area contributed by atoms with Gasteiger partial charge in [0.25, 0.3) is 5.91 Å². The van der Waals surface area contributed by atoms with Gasteiger partial charge in [0.1, 0.15) is 5.82 Å². The average Bonchev–Trinajstić information content (AvgIpc) is 2.87. The first-order valence-corrected chi connectivity index (χ1v) is 8.53. The minimum atomic E-state index is -0.962. The molecule has 124 valence electrons. The number of halogens is 1. The summed E-state index contributed by atoms with van der Waals surface area (Å²) < 4.78 is 14.6. The molecule has 1 amide bonds. The number of amides is 1. The van der Waals surface area contributed by atoms with E-state index in [1.807, 2.05) is 6.26 Å². The topological polar surface area (TPSA) is 67.2 Å². The van der Waals surface area contributed by atoms with Gasteiger partial charge in [-0.2, -0.15) is 16.9 Å². The summed E-state index contributed by atoms with van der Waals surface area (Å²) in [6.07, 6.45) is 3.37. The molecule has 0 aliphatic rings. The quantitative estimate of drug-likeness (QED) is 0.848. The molecule has 7 heteroatoms. The molecule has 2 aromatic rings. The molecule has 1 unspecified atom stereocenters. The fraction of sp³-hybridized carbons (Fsp3) is 0.375. The van der Waals surface area contributed by atoms with Crippen LogP contribution in [-0.2, 0) is 0 Å². The highest BCUT2D eigenvalue weighted by Crippen LogP contribution is 2.15. The molecule has 5 nitrogen and oxygen atoms in total. The zero-order valence-corrected chi connectivity index (χ0v) is 14.2. The molecule has 23 heavy (non-hydrogen) atoms. The summed E-state index contributed by atoms with van der Waals surface area (Å²) in [6.45, 7) is 3.61. The molecule has 0 radical (unpaired) electrons. The lowest BCUT2D eigenvalue weighted by atomic mass is 10.1. The number of hydrogen-bond acceptors (Lipinski definition) is 4. The Balaban J connectivity index is 2.12. The molecule has 0 fully saturated rings. The van der Waals surface area contributed by atoms with Gasteiger partial charge in [-0.3, -0.25) is 4.79 Å².